The van der Waals surface area contributed by atoms with Gasteiger partial charge >= 0.3 is 5.97 Å². The van der Waals surface area contributed by atoms with E-state index in [2.05, 4.69) is 24.5 Å². The molecule has 0 aromatic heterocycles. The van der Waals surface area contributed by atoms with Crippen LogP contribution in [0.5, 0.6) is 0 Å². The fraction of sp³-hybridized carbons (Fsp3) is 0.905. The highest BCUT2D eigenvalue weighted by atomic mass is 16.5. The Bertz CT molecular complexity index is 985. The number of hydrogen-bond donors (Lipinski definition) is 6. The zero-order chi connectivity index (χ0) is 39.8. The number of nitrogens with zero attached hydrogens (tertiary/aromatic N) is 1. The number of rotatable bonds is 35. The van der Waals surface area contributed by atoms with Gasteiger partial charge in [0.25, 0.3) is 0 Å². The number of carbonyl (C=O) groups excluding carboxylic acids is 3. The molecule has 1 rings (SSSR count). The van der Waals surface area contributed by atoms with Crippen molar-refractivity contribution in [1.82, 2.24) is 15.5 Å². The molecule has 1 saturated heterocycles. The van der Waals surface area contributed by atoms with Gasteiger partial charge in [-0.2, -0.15) is 0 Å². The van der Waals surface area contributed by atoms with Crippen LogP contribution in [-0.2, 0) is 23.9 Å². The first-order valence-electron chi connectivity index (χ1n) is 21.9. The Morgan fingerprint density at radius 2 is 1.02 bits per heavy atom. The van der Waals surface area contributed by atoms with Gasteiger partial charge in [0.05, 0.1) is 19.6 Å². The molecular weight excluding hydrogens is 690 g/mol. The van der Waals surface area contributed by atoms with Gasteiger partial charge in [-0.25, -0.2) is 0 Å². The van der Waals surface area contributed by atoms with E-state index >= 15 is 0 Å². The van der Waals surface area contributed by atoms with E-state index in [-0.39, 0.29) is 25.2 Å². The maximum atomic E-state index is 13.8. The van der Waals surface area contributed by atoms with Gasteiger partial charge in [0.2, 0.25) is 17.7 Å². The van der Waals surface area contributed by atoms with Crippen LogP contribution in [0.3, 0.4) is 0 Å². The molecule has 3 amide bonds. The molecule has 0 radical (unpaired) electrons. The Morgan fingerprint density at radius 3 is 1.46 bits per heavy atom. The summed E-state index contributed by atoms with van der Waals surface area (Å²) in [5.74, 6) is -2.62. The Labute approximate surface area is 326 Å². The molecule has 1 aliphatic rings. The van der Waals surface area contributed by atoms with Crippen LogP contribution in [0.1, 0.15) is 194 Å². The molecule has 1 fully saturated rings. The number of aliphatic carboxylic acids is 1. The Hall–Kier alpha value is -2.28. The molecule has 1 aliphatic heterocycles. The summed E-state index contributed by atoms with van der Waals surface area (Å²) < 4.78 is 6.05. The summed E-state index contributed by atoms with van der Waals surface area (Å²) in [6, 6.07) is -1.22. The van der Waals surface area contributed by atoms with Crippen molar-refractivity contribution in [2.45, 2.75) is 224 Å². The number of carbonyl (C=O) groups is 4. The standard InChI is InChI=1S/C42H79N3O9/c1-3-5-7-9-11-13-15-16-17-18-19-20-22-24-26-28-37(49)45(31-27-25-23-21-14-12-10-8-6-4-2)42-39(41(53)40(52)34(33-46)54-42)44-36(48)32-43-35(47)29-30-38(50)51/h34,39-42,46,52-53H,3-33H2,1-2H3,(H,43,47)(H,44,48)(H,50,51)/t34-,39-,40+,41-,42-/m1/s1. The minimum absolute atomic E-state index is 0.174. The second kappa shape index (κ2) is 32.9. The minimum atomic E-state index is -1.55. The molecule has 12 nitrogen and oxygen atoms in total. The average Bonchev–Trinajstić information content (AvgIpc) is 3.16. The normalized spacial score (nSPS) is 19.8. The average molecular weight is 770 g/mol. The van der Waals surface area contributed by atoms with Crippen LogP contribution in [-0.4, -0.2) is 99.3 Å². The summed E-state index contributed by atoms with van der Waals surface area (Å²) in [7, 11) is 0. The summed E-state index contributed by atoms with van der Waals surface area (Å²) >= 11 is 0. The summed E-state index contributed by atoms with van der Waals surface area (Å²) in [5, 5.41) is 45.6. The largest absolute Gasteiger partial charge is 0.481 e. The highest BCUT2D eigenvalue weighted by molar-refractivity contribution is 5.86. The van der Waals surface area contributed by atoms with Crippen molar-refractivity contribution in [2.75, 3.05) is 19.7 Å². The Kier molecular flexibility index (Phi) is 30.3. The van der Waals surface area contributed by atoms with Crippen LogP contribution in [0.15, 0.2) is 0 Å². The molecule has 0 aromatic carbocycles. The van der Waals surface area contributed by atoms with E-state index in [0.717, 1.165) is 38.5 Å². The number of amides is 3. The molecule has 316 valence electrons. The van der Waals surface area contributed by atoms with Crippen molar-refractivity contribution >= 4 is 23.7 Å². The van der Waals surface area contributed by atoms with Crippen molar-refractivity contribution in [3.63, 3.8) is 0 Å². The molecule has 0 aromatic rings. The molecule has 0 unspecified atom stereocenters. The van der Waals surface area contributed by atoms with Crippen LogP contribution in [0.25, 0.3) is 0 Å². The summed E-state index contributed by atoms with van der Waals surface area (Å²) in [6.07, 6.45) is 23.7. The first kappa shape index (κ1) is 49.7. The van der Waals surface area contributed by atoms with E-state index in [9.17, 15) is 34.5 Å². The number of nitrogens with one attached hydrogen (secondary N) is 2. The minimum Gasteiger partial charge on any atom is -0.481 e. The van der Waals surface area contributed by atoms with E-state index < -0.39 is 61.5 Å². The van der Waals surface area contributed by atoms with Crippen LogP contribution >= 0.6 is 0 Å². The molecule has 5 atom stereocenters. The first-order valence-corrected chi connectivity index (χ1v) is 21.9. The number of hydrogen-bond acceptors (Lipinski definition) is 8. The predicted molar refractivity (Wildman–Crippen MR) is 213 cm³/mol. The zero-order valence-corrected chi connectivity index (χ0v) is 34.1. The van der Waals surface area contributed by atoms with Crippen molar-refractivity contribution in [1.29, 1.82) is 0 Å². The van der Waals surface area contributed by atoms with Gasteiger partial charge in [-0.15, -0.1) is 0 Å². The van der Waals surface area contributed by atoms with Crippen molar-refractivity contribution in [2.24, 2.45) is 0 Å². The van der Waals surface area contributed by atoms with Crippen molar-refractivity contribution in [3.05, 3.63) is 0 Å². The predicted octanol–water partition coefficient (Wildman–Crippen LogP) is 6.90. The first-order chi connectivity index (χ1) is 26.2. The lowest BCUT2D eigenvalue weighted by atomic mass is 9.94. The number of carboxylic acid groups (broad SMARTS) is 1. The second-order valence-electron chi connectivity index (χ2n) is 15.5. The maximum Gasteiger partial charge on any atom is 0.303 e. The lowest BCUT2D eigenvalue weighted by Crippen LogP contribution is -2.69. The van der Waals surface area contributed by atoms with Crippen LogP contribution < -0.4 is 10.6 Å². The molecular formula is C42H79N3O9. The van der Waals surface area contributed by atoms with E-state index in [1.54, 1.807) is 4.90 Å². The van der Waals surface area contributed by atoms with Gasteiger partial charge in [0, 0.05) is 19.4 Å². The topological polar surface area (TPSA) is 186 Å². The number of aliphatic hydroxyl groups excluding tert-OH is 3. The smallest absolute Gasteiger partial charge is 0.303 e. The monoisotopic (exact) mass is 770 g/mol. The van der Waals surface area contributed by atoms with Gasteiger partial charge < -0.3 is 40.7 Å². The van der Waals surface area contributed by atoms with E-state index in [1.165, 1.54) is 109 Å². The summed E-state index contributed by atoms with van der Waals surface area (Å²) in [6.45, 7) is 3.72. The van der Waals surface area contributed by atoms with E-state index in [0.29, 0.717) is 19.4 Å². The molecule has 12 heteroatoms. The van der Waals surface area contributed by atoms with Crippen LogP contribution in [0, 0.1) is 0 Å². The molecule has 1 heterocycles. The highest BCUT2D eigenvalue weighted by Gasteiger charge is 2.48. The van der Waals surface area contributed by atoms with Gasteiger partial charge in [-0.3, -0.25) is 19.2 Å². The van der Waals surface area contributed by atoms with E-state index in [1.807, 2.05) is 0 Å². The highest BCUT2D eigenvalue weighted by Crippen LogP contribution is 2.26. The Morgan fingerprint density at radius 1 is 0.574 bits per heavy atom. The van der Waals surface area contributed by atoms with Crippen LogP contribution in [0.4, 0.5) is 0 Å². The molecule has 0 bridgehead atoms. The zero-order valence-electron chi connectivity index (χ0n) is 34.1. The van der Waals surface area contributed by atoms with Crippen LogP contribution in [0.2, 0.25) is 0 Å². The fourth-order valence-electron chi connectivity index (χ4n) is 7.20. The molecule has 54 heavy (non-hydrogen) atoms. The SMILES string of the molecule is CCCCCCCCCCCCCCCCCC(=O)N(CCCCCCCCCCCC)[C@@H]1O[C@H](CO)[C@H](O)[C@H](O)[C@H]1NC(=O)CNC(=O)CCC(=O)O. The van der Waals surface area contributed by atoms with Crippen molar-refractivity contribution < 1.29 is 44.3 Å². The van der Waals surface area contributed by atoms with Gasteiger partial charge in [-0.1, -0.05) is 162 Å². The third kappa shape index (κ3) is 23.6. The molecule has 0 spiro atoms. The lowest BCUT2D eigenvalue weighted by molar-refractivity contribution is -0.231. The third-order valence-electron chi connectivity index (χ3n) is 10.6. The quantitative estimate of drug-likeness (QED) is 0.0373. The molecule has 0 saturated carbocycles. The maximum absolute atomic E-state index is 13.8. The second-order valence-corrected chi connectivity index (χ2v) is 15.5. The fourth-order valence-corrected chi connectivity index (χ4v) is 7.20. The molecule has 6 N–H and O–H groups in total. The number of unbranched alkanes of at least 4 members (excludes halogenated alkanes) is 23. The Balaban J connectivity index is 2.75. The van der Waals surface area contributed by atoms with Crippen molar-refractivity contribution in [3.8, 4) is 0 Å². The summed E-state index contributed by atoms with van der Waals surface area (Å²) in [4.78, 5) is 51.1. The molecule has 0 aliphatic carbocycles. The van der Waals surface area contributed by atoms with Gasteiger partial charge in [0.1, 0.15) is 24.4 Å². The number of aliphatic hydroxyl groups is 3. The lowest BCUT2D eigenvalue weighted by Gasteiger charge is -2.47. The number of carboxylic acids is 1. The van der Waals surface area contributed by atoms with Gasteiger partial charge in [0.15, 0.2) is 6.23 Å². The number of ether oxygens (including phenoxy) is 1. The summed E-state index contributed by atoms with van der Waals surface area (Å²) in [5.41, 5.74) is 0. The van der Waals surface area contributed by atoms with E-state index in [4.69, 9.17) is 9.84 Å². The third-order valence-corrected chi connectivity index (χ3v) is 10.6. The van der Waals surface area contributed by atoms with Gasteiger partial charge in [-0.05, 0) is 12.8 Å².